The molecule has 0 fully saturated rings. The molecule has 0 heterocycles. The van der Waals surface area contributed by atoms with Crippen LogP contribution in [0.3, 0.4) is 0 Å². The van der Waals surface area contributed by atoms with Crippen molar-refractivity contribution in [2.24, 2.45) is 0 Å². The van der Waals surface area contributed by atoms with E-state index in [1.165, 1.54) is 23.1 Å². The smallest absolute Gasteiger partial charge is 0.264 e. The summed E-state index contributed by atoms with van der Waals surface area (Å²) < 4.78 is 28.5. The van der Waals surface area contributed by atoms with Crippen LogP contribution in [0.4, 0.5) is 5.69 Å². The fourth-order valence-corrected chi connectivity index (χ4v) is 5.75. The molecule has 0 aromatic heterocycles. The lowest BCUT2D eigenvalue weighted by Gasteiger charge is -2.33. The fourth-order valence-electron chi connectivity index (χ4n) is 4.14. The van der Waals surface area contributed by atoms with Crippen molar-refractivity contribution in [1.82, 2.24) is 10.2 Å². The van der Waals surface area contributed by atoms with Crippen LogP contribution < -0.4 is 9.62 Å². The Morgan fingerprint density at radius 3 is 2.18 bits per heavy atom. The highest BCUT2D eigenvalue weighted by atomic mass is 35.5. The number of hydrogen-bond acceptors (Lipinski definition) is 4. The first-order chi connectivity index (χ1) is 18.3. The fraction of sp³-hybridized carbons (Fsp3) is 0.310. The van der Waals surface area contributed by atoms with Crippen LogP contribution in [0.2, 0.25) is 5.02 Å². The largest absolute Gasteiger partial charge is 0.354 e. The number of amides is 2. The average molecular weight is 556 g/mol. The molecule has 9 heteroatoms. The molecule has 0 saturated heterocycles. The summed E-state index contributed by atoms with van der Waals surface area (Å²) in [6, 6.07) is 23.2. The maximum absolute atomic E-state index is 13.9. The van der Waals surface area contributed by atoms with Crippen molar-refractivity contribution < 1.29 is 18.0 Å². The van der Waals surface area contributed by atoms with Gasteiger partial charge in [-0.3, -0.25) is 13.9 Å². The number of nitrogens with one attached hydrogen (secondary N) is 1. The van der Waals surface area contributed by atoms with E-state index in [4.69, 9.17) is 11.6 Å². The summed E-state index contributed by atoms with van der Waals surface area (Å²) in [5.41, 5.74) is 1.28. The highest BCUT2D eigenvalue weighted by Gasteiger charge is 2.33. The molecule has 38 heavy (non-hydrogen) atoms. The van der Waals surface area contributed by atoms with Crippen molar-refractivity contribution in [2.75, 3.05) is 23.9 Å². The van der Waals surface area contributed by atoms with Gasteiger partial charge in [-0.25, -0.2) is 8.42 Å². The van der Waals surface area contributed by atoms with Gasteiger partial charge in [0.05, 0.1) is 10.6 Å². The molecular formula is C29H34ClN3O4S. The standard InChI is InChI=1S/C29H34ClN3O4S/c1-3-19-31-29(35)27(4-2)32(20-18-23-12-7-5-8-13-23)28(34)22-33(25-15-11-14-24(30)21-25)38(36,37)26-16-9-6-10-17-26/h5-17,21,27H,3-4,18-20,22H2,1-2H3,(H,31,35)/t27-/m1/s1. The monoisotopic (exact) mass is 555 g/mol. The second-order valence-corrected chi connectivity index (χ2v) is 11.1. The lowest BCUT2D eigenvalue weighted by atomic mass is 10.1. The summed E-state index contributed by atoms with van der Waals surface area (Å²) in [4.78, 5) is 28.5. The quantitative estimate of drug-likeness (QED) is 0.324. The van der Waals surface area contributed by atoms with Crippen LogP contribution in [0.1, 0.15) is 32.3 Å². The van der Waals surface area contributed by atoms with Gasteiger partial charge in [0.2, 0.25) is 11.8 Å². The second-order valence-electron chi connectivity index (χ2n) is 8.84. The minimum atomic E-state index is -4.11. The van der Waals surface area contributed by atoms with Gasteiger partial charge in [0.25, 0.3) is 10.0 Å². The number of sulfonamides is 1. The third-order valence-electron chi connectivity index (χ3n) is 6.13. The Morgan fingerprint density at radius 2 is 1.58 bits per heavy atom. The van der Waals surface area contributed by atoms with Crippen LogP contribution in [0.15, 0.2) is 89.8 Å². The van der Waals surface area contributed by atoms with Gasteiger partial charge in [0.1, 0.15) is 12.6 Å². The van der Waals surface area contributed by atoms with E-state index in [1.54, 1.807) is 36.4 Å². The summed E-state index contributed by atoms with van der Waals surface area (Å²) in [5, 5.41) is 3.23. The van der Waals surface area contributed by atoms with Gasteiger partial charge < -0.3 is 10.2 Å². The molecule has 3 aromatic carbocycles. The Kier molecular flexibility index (Phi) is 10.7. The Labute approximate surface area is 230 Å². The normalized spacial score (nSPS) is 12.0. The Morgan fingerprint density at radius 1 is 0.921 bits per heavy atom. The summed E-state index contributed by atoms with van der Waals surface area (Å²) in [6.45, 7) is 4.07. The van der Waals surface area contributed by atoms with Crippen molar-refractivity contribution in [1.29, 1.82) is 0 Å². The Balaban J connectivity index is 1.98. The molecule has 0 unspecified atom stereocenters. The van der Waals surface area contributed by atoms with Crippen LogP contribution in [0.25, 0.3) is 0 Å². The Bertz CT molecular complexity index is 1300. The number of anilines is 1. The number of carbonyl (C=O) groups is 2. The van der Waals surface area contributed by atoms with Crippen LogP contribution in [-0.4, -0.2) is 50.8 Å². The maximum Gasteiger partial charge on any atom is 0.264 e. The minimum absolute atomic E-state index is 0.0522. The maximum atomic E-state index is 13.9. The number of nitrogens with zero attached hydrogens (tertiary/aromatic N) is 2. The van der Waals surface area contributed by atoms with Gasteiger partial charge in [-0.2, -0.15) is 0 Å². The first-order valence-corrected chi connectivity index (χ1v) is 14.5. The van der Waals surface area contributed by atoms with Gasteiger partial charge >= 0.3 is 0 Å². The van der Waals surface area contributed by atoms with E-state index in [1.807, 2.05) is 44.2 Å². The zero-order valence-electron chi connectivity index (χ0n) is 21.7. The molecule has 0 radical (unpaired) electrons. The molecule has 1 N–H and O–H groups in total. The van der Waals surface area contributed by atoms with E-state index in [9.17, 15) is 18.0 Å². The molecule has 3 rings (SSSR count). The third kappa shape index (κ3) is 7.58. The van der Waals surface area contributed by atoms with Crippen molar-refractivity contribution in [2.45, 2.75) is 44.0 Å². The van der Waals surface area contributed by atoms with Crippen molar-refractivity contribution in [3.8, 4) is 0 Å². The van der Waals surface area contributed by atoms with Crippen LogP contribution in [0, 0.1) is 0 Å². The van der Waals surface area contributed by atoms with E-state index in [-0.39, 0.29) is 23.0 Å². The van der Waals surface area contributed by atoms with E-state index in [0.29, 0.717) is 24.4 Å². The number of benzene rings is 3. The zero-order chi connectivity index (χ0) is 27.5. The lowest BCUT2D eigenvalue weighted by Crippen LogP contribution is -2.53. The van der Waals surface area contributed by atoms with E-state index >= 15 is 0 Å². The van der Waals surface area contributed by atoms with Crippen LogP contribution in [0.5, 0.6) is 0 Å². The summed E-state index contributed by atoms with van der Waals surface area (Å²) in [6.07, 6.45) is 1.67. The van der Waals surface area contributed by atoms with Crippen LogP contribution >= 0.6 is 11.6 Å². The first kappa shape index (κ1) is 29.2. The second kappa shape index (κ2) is 14.0. The molecular weight excluding hydrogens is 522 g/mol. The molecule has 7 nitrogen and oxygen atoms in total. The minimum Gasteiger partial charge on any atom is -0.354 e. The summed E-state index contributed by atoms with van der Waals surface area (Å²) in [7, 11) is -4.11. The zero-order valence-corrected chi connectivity index (χ0v) is 23.3. The summed E-state index contributed by atoms with van der Waals surface area (Å²) in [5.74, 6) is -0.727. The van der Waals surface area contributed by atoms with Crippen LogP contribution in [-0.2, 0) is 26.0 Å². The molecule has 0 spiro atoms. The molecule has 1 atom stereocenters. The molecule has 0 aliphatic carbocycles. The van der Waals surface area contributed by atoms with Gasteiger partial charge in [-0.1, -0.05) is 80.0 Å². The lowest BCUT2D eigenvalue weighted by molar-refractivity contribution is -0.139. The highest BCUT2D eigenvalue weighted by molar-refractivity contribution is 7.92. The predicted octanol–water partition coefficient (Wildman–Crippen LogP) is 4.91. The number of carbonyl (C=O) groups excluding carboxylic acids is 2. The van der Waals surface area contributed by atoms with E-state index in [2.05, 4.69) is 5.32 Å². The molecule has 0 saturated carbocycles. The van der Waals surface area contributed by atoms with Gasteiger partial charge in [0.15, 0.2) is 0 Å². The van der Waals surface area contributed by atoms with Crippen molar-refractivity contribution in [3.05, 3.63) is 95.5 Å². The van der Waals surface area contributed by atoms with Crippen molar-refractivity contribution >= 4 is 39.1 Å². The molecule has 2 amide bonds. The first-order valence-electron chi connectivity index (χ1n) is 12.7. The molecule has 202 valence electrons. The highest BCUT2D eigenvalue weighted by Crippen LogP contribution is 2.26. The van der Waals surface area contributed by atoms with Gasteiger partial charge in [-0.15, -0.1) is 0 Å². The SMILES string of the molecule is CCCNC(=O)[C@@H](CC)N(CCc1ccccc1)C(=O)CN(c1cccc(Cl)c1)S(=O)(=O)c1ccccc1. The molecule has 0 aliphatic rings. The topological polar surface area (TPSA) is 86.8 Å². The van der Waals surface area contributed by atoms with E-state index < -0.39 is 28.5 Å². The van der Waals surface area contributed by atoms with Crippen molar-refractivity contribution in [3.63, 3.8) is 0 Å². The number of hydrogen-bond donors (Lipinski definition) is 1. The summed E-state index contributed by atoms with van der Waals surface area (Å²) >= 11 is 6.19. The number of rotatable bonds is 13. The van der Waals surface area contributed by atoms with E-state index in [0.717, 1.165) is 16.3 Å². The Hall–Kier alpha value is -3.36. The predicted molar refractivity (Wildman–Crippen MR) is 152 cm³/mol. The molecule has 0 bridgehead atoms. The van der Waals surface area contributed by atoms with Gasteiger partial charge in [0, 0.05) is 18.1 Å². The molecule has 3 aromatic rings. The average Bonchev–Trinajstić information content (AvgIpc) is 2.93. The molecule has 0 aliphatic heterocycles. The van der Waals surface area contributed by atoms with Gasteiger partial charge in [-0.05, 0) is 55.2 Å². The number of halogens is 1. The third-order valence-corrected chi connectivity index (χ3v) is 8.15.